The Kier molecular flexibility index (Phi) is 9.68. The van der Waals surface area contributed by atoms with Crippen molar-refractivity contribution in [1.29, 1.82) is 0 Å². The van der Waals surface area contributed by atoms with E-state index in [1.165, 1.54) is 12.8 Å². The zero-order chi connectivity index (χ0) is 4.99. The Morgan fingerprint density at radius 1 is 1.14 bits per heavy atom. The van der Waals surface area contributed by atoms with Gasteiger partial charge in [0.25, 0.3) is 0 Å². The van der Waals surface area contributed by atoms with Gasteiger partial charge >= 0.3 is 0 Å². The van der Waals surface area contributed by atoms with Gasteiger partial charge in [-0.15, -0.1) is 17.0 Å². The third-order valence-corrected chi connectivity index (χ3v) is 1.39. The van der Waals surface area contributed by atoms with Gasteiger partial charge in [0.1, 0.15) is 0 Å². The van der Waals surface area contributed by atoms with Gasteiger partial charge in [-0.2, -0.15) is 0 Å². The molecule has 0 aromatic heterocycles. The van der Waals surface area contributed by atoms with Gasteiger partial charge in [0.15, 0.2) is 0 Å². The summed E-state index contributed by atoms with van der Waals surface area (Å²) in [5, 5.41) is 0. The van der Waals surface area contributed by atoms with Crippen LogP contribution < -0.4 is 0 Å². The second-order valence-corrected chi connectivity index (χ2v) is 1.92. The van der Waals surface area contributed by atoms with Crippen LogP contribution in [0, 0.1) is 5.92 Å². The maximum absolute atomic E-state index is 2.28. The molecule has 0 aliphatic carbocycles. The molecule has 0 aromatic carbocycles. The monoisotopic (exact) mass is 166 g/mol. The van der Waals surface area contributed by atoms with Crippen molar-refractivity contribution >= 4 is 17.0 Å². The van der Waals surface area contributed by atoms with Crippen LogP contribution in [0.3, 0.4) is 0 Å². The summed E-state index contributed by atoms with van der Waals surface area (Å²) in [5.41, 5.74) is 0. The molecule has 0 unspecified atom stereocenters. The van der Waals surface area contributed by atoms with Crippen LogP contribution in [0.25, 0.3) is 0 Å². The summed E-state index contributed by atoms with van der Waals surface area (Å²) in [7, 11) is 0. The Bertz CT molecular complexity index is 23.4. The van der Waals surface area contributed by atoms with Gasteiger partial charge < -0.3 is 0 Å². The van der Waals surface area contributed by atoms with Crippen molar-refractivity contribution in [2.75, 3.05) is 0 Å². The van der Waals surface area contributed by atoms with Gasteiger partial charge in [-0.1, -0.05) is 33.6 Å². The van der Waals surface area contributed by atoms with Crippen molar-refractivity contribution in [3.63, 3.8) is 0 Å². The molecule has 0 spiro atoms. The van der Waals surface area contributed by atoms with Crippen molar-refractivity contribution in [3.8, 4) is 0 Å². The average Bonchev–Trinajstić information content (AvgIpc) is 1.65. The molecule has 0 aliphatic rings. The molecular weight excluding hydrogens is 152 g/mol. The van der Waals surface area contributed by atoms with Gasteiger partial charge in [0.05, 0.1) is 0 Å². The Hall–Kier alpha value is 0.480. The summed E-state index contributed by atoms with van der Waals surface area (Å²) in [6.07, 6.45) is 2.66. The zero-order valence-electron chi connectivity index (χ0n) is 5.40. The molecule has 0 radical (unpaired) electrons. The highest BCUT2D eigenvalue weighted by Gasteiger charge is 1.88. The molecule has 0 fully saturated rings. The second kappa shape index (κ2) is 6.48. The van der Waals surface area contributed by atoms with E-state index in [0.717, 1.165) is 5.92 Å². The van der Waals surface area contributed by atoms with E-state index in [2.05, 4.69) is 20.8 Å². The summed E-state index contributed by atoms with van der Waals surface area (Å²) >= 11 is 0. The maximum Gasteiger partial charge on any atom is -0.0448 e. The van der Waals surface area contributed by atoms with E-state index in [1.807, 2.05) is 0 Å². The van der Waals surface area contributed by atoms with Crippen LogP contribution >= 0.6 is 17.0 Å². The van der Waals surface area contributed by atoms with Crippen molar-refractivity contribution in [2.45, 2.75) is 33.6 Å². The third-order valence-electron chi connectivity index (χ3n) is 1.39. The lowest BCUT2D eigenvalue weighted by Gasteiger charge is -1.98. The van der Waals surface area contributed by atoms with Gasteiger partial charge in [-0.05, 0) is 5.92 Å². The summed E-state index contributed by atoms with van der Waals surface area (Å²) in [6.45, 7) is 6.74. The smallest absolute Gasteiger partial charge is 0.0448 e. The van der Waals surface area contributed by atoms with Crippen LogP contribution in [0.1, 0.15) is 33.6 Å². The molecule has 0 N–H and O–H groups in total. The van der Waals surface area contributed by atoms with Gasteiger partial charge in [-0.3, -0.25) is 0 Å². The van der Waals surface area contributed by atoms with E-state index in [1.54, 1.807) is 0 Å². The van der Waals surface area contributed by atoms with E-state index in [-0.39, 0.29) is 17.0 Å². The van der Waals surface area contributed by atoms with Crippen molar-refractivity contribution < 1.29 is 0 Å². The van der Waals surface area contributed by atoms with Crippen molar-refractivity contribution in [3.05, 3.63) is 0 Å². The summed E-state index contributed by atoms with van der Waals surface area (Å²) < 4.78 is 0. The minimum absolute atomic E-state index is 0. The lowest BCUT2D eigenvalue weighted by molar-refractivity contribution is 0.544. The molecule has 0 saturated heterocycles. The van der Waals surface area contributed by atoms with Crippen LogP contribution in [0.5, 0.6) is 0 Å². The quantitative estimate of drug-likeness (QED) is 0.592. The summed E-state index contributed by atoms with van der Waals surface area (Å²) in [4.78, 5) is 0. The molecule has 7 heavy (non-hydrogen) atoms. The fraction of sp³-hybridized carbons (Fsp3) is 1.00. The number of hydrogen-bond acceptors (Lipinski definition) is 0. The van der Waals surface area contributed by atoms with E-state index < -0.39 is 0 Å². The molecular formula is C6H15Br. The molecule has 0 atom stereocenters. The molecule has 0 aliphatic heterocycles. The minimum atomic E-state index is 0. The average molecular weight is 167 g/mol. The van der Waals surface area contributed by atoms with Crippen LogP contribution in [0.15, 0.2) is 0 Å². The van der Waals surface area contributed by atoms with Gasteiger partial charge in [-0.25, -0.2) is 0 Å². The lowest BCUT2D eigenvalue weighted by Crippen LogP contribution is -1.85. The first-order valence-electron chi connectivity index (χ1n) is 2.81. The minimum Gasteiger partial charge on any atom is -0.114 e. The third kappa shape index (κ3) is 6.48. The molecule has 0 rings (SSSR count). The topological polar surface area (TPSA) is 0 Å². The van der Waals surface area contributed by atoms with Crippen LogP contribution in [0.2, 0.25) is 0 Å². The fourth-order valence-electron chi connectivity index (χ4n) is 0.289. The molecule has 0 amide bonds. The Morgan fingerprint density at radius 3 is 1.43 bits per heavy atom. The fourth-order valence-corrected chi connectivity index (χ4v) is 0.289. The first-order valence-corrected chi connectivity index (χ1v) is 2.81. The Balaban J connectivity index is 0. The van der Waals surface area contributed by atoms with E-state index in [0.29, 0.717) is 0 Å². The van der Waals surface area contributed by atoms with Crippen LogP contribution in [-0.4, -0.2) is 0 Å². The van der Waals surface area contributed by atoms with Gasteiger partial charge in [0.2, 0.25) is 0 Å². The molecule has 0 bridgehead atoms. The molecule has 0 saturated carbocycles. The number of halogens is 1. The lowest BCUT2D eigenvalue weighted by atomic mass is 10.1. The molecule has 0 aromatic rings. The number of rotatable bonds is 2. The maximum atomic E-state index is 2.28. The van der Waals surface area contributed by atoms with Crippen molar-refractivity contribution in [2.24, 2.45) is 5.92 Å². The molecule has 46 valence electrons. The largest absolute Gasteiger partial charge is 0.114 e. The first-order chi connectivity index (χ1) is 2.81. The van der Waals surface area contributed by atoms with E-state index in [9.17, 15) is 0 Å². The predicted octanol–water partition coefficient (Wildman–Crippen LogP) is 3.02. The highest BCUT2D eigenvalue weighted by atomic mass is 79.9. The SMILES string of the molecule is Br.CCC(C)CC. The predicted molar refractivity (Wildman–Crippen MR) is 40.1 cm³/mol. The Labute approximate surface area is 57.1 Å². The van der Waals surface area contributed by atoms with Crippen LogP contribution in [-0.2, 0) is 0 Å². The first kappa shape index (κ1) is 10.5. The molecule has 0 nitrogen and oxygen atoms in total. The summed E-state index contributed by atoms with van der Waals surface area (Å²) in [5.74, 6) is 0.935. The zero-order valence-corrected chi connectivity index (χ0v) is 7.11. The molecule has 1 heteroatoms. The van der Waals surface area contributed by atoms with E-state index >= 15 is 0 Å². The standard InChI is InChI=1S/C6H14.BrH/c1-4-6(3)5-2;/h6H,4-5H2,1-3H3;1H. The number of hydrogen-bond donors (Lipinski definition) is 0. The van der Waals surface area contributed by atoms with Crippen molar-refractivity contribution in [1.82, 2.24) is 0 Å². The van der Waals surface area contributed by atoms with Crippen LogP contribution in [0.4, 0.5) is 0 Å². The van der Waals surface area contributed by atoms with Gasteiger partial charge in [0, 0.05) is 0 Å². The highest BCUT2D eigenvalue weighted by Crippen LogP contribution is 2.02. The van der Waals surface area contributed by atoms with E-state index in [4.69, 9.17) is 0 Å². The molecule has 0 heterocycles. The second-order valence-electron chi connectivity index (χ2n) is 1.92. The highest BCUT2D eigenvalue weighted by molar-refractivity contribution is 8.93. The summed E-state index contributed by atoms with van der Waals surface area (Å²) in [6, 6.07) is 0. The Morgan fingerprint density at radius 2 is 1.43 bits per heavy atom. The normalized spacial score (nSPS) is 8.57.